The Hall–Kier alpha value is -1.62. The fourth-order valence-electron chi connectivity index (χ4n) is 2.53. The quantitative estimate of drug-likeness (QED) is 0.498. The minimum Gasteiger partial charge on any atom is -0.388 e. The van der Waals surface area contributed by atoms with E-state index in [2.05, 4.69) is 5.32 Å². The van der Waals surface area contributed by atoms with E-state index >= 15 is 0 Å². The molecule has 0 bridgehead atoms. The number of anilines is 1. The monoisotopic (exact) mass is 264 g/mol. The van der Waals surface area contributed by atoms with Crippen LogP contribution in [0, 0.1) is 10.1 Å². The minimum absolute atomic E-state index is 0.0822. The topological polar surface area (TPSA) is 75.4 Å². The molecule has 1 aliphatic rings. The van der Waals surface area contributed by atoms with Crippen molar-refractivity contribution in [3.8, 4) is 0 Å². The molecule has 1 saturated carbocycles. The van der Waals surface area contributed by atoms with Crippen LogP contribution in [0.4, 0.5) is 11.4 Å². The van der Waals surface area contributed by atoms with Gasteiger partial charge in [-0.25, -0.2) is 0 Å². The van der Waals surface area contributed by atoms with Gasteiger partial charge in [0.25, 0.3) is 5.69 Å². The van der Waals surface area contributed by atoms with Gasteiger partial charge in [-0.3, -0.25) is 10.1 Å². The summed E-state index contributed by atoms with van der Waals surface area (Å²) >= 11 is 0. The number of nitro benzene ring substituents is 1. The second-order valence-corrected chi connectivity index (χ2v) is 5.30. The van der Waals surface area contributed by atoms with E-state index in [1.807, 2.05) is 0 Å². The van der Waals surface area contributed by atoms with E-state index in [0.717, 1.165) is 31.4 Å². The van der Waals surface area contributed by atoms with Crippen LogP contribution < -0.4 is 5.32 Å². The van der Waals surface area contributed by atoms with Gasteiger partial charge in [0.15, 0.2) is 0 Å². The molecular weight excluding hydrogens is 244 g/mol. The lowest BCUT2D eigenvalue weighted by atomic mass is 9.94. The van der Waals surface area contributed by atoms with E-state index < -0.39 is 10.5 Å². The number of hydrogen-bond acceptors (Lipinski definition) is 4. The molecule has 1 aromatic rings. The molecule has 104 valence electrons. The first-order valence-corrected chi connectivity index (χ1v) is 6.80. The highest BCUT2D eigenvalue weighted by atomic mass is 16.6. The van der Waals surface area contributed by atoms with E-state index in [9.17, 15) is 15.2 Å². The third kappa shape index (κ3) is 3.92. The third-order valence-electron chi connectivity index (χ3n) is 3.73. The summed E-state index contributed by atoms with van der Waals surface area (Å²) < 4.78 is 0. The molecule has 2 rings (SSSR count). The van der Waals surface area contributed by atoms with Crippen LogP contribution >= 0.6 is 0 Å². The summed E-state index contributed by atoms with van der Waals surface area (Å²) in [6.07, 6.45) is 6.18. The summed E-state index contributed by atoms with van der Waals surface area (Å²) in [5, 5.41) is 24.2. The van der Waals surface area contributed by atoms with Crippen molar-refractivity contribution in [3.63, 3.8) is 0 Å². The Morgan fingerprint density at radius 3 is 2.26 bits per heavy atom. The lowest BCUT2D eigenvalue weighted by Crippen LogP contribution is -2.36. The number of nitrogens with one attached hydrogen (secondary N) is 1. The largest absolute Gasteiger partial charge is 0.388 e. The van der Waals surface area contributed by atoms with Crippen LogP contribution in [0.25, 0.3) is 0 Å². The Morgan fingerprint density at radius 1 is 1.16 bits per heavy atom. The van der Waals surface area contributed by atoms with Crippen molar-refractivity contribution in [2.24, 2.45) is 0 Å². The van der Waals surface area contributed by atoms with Crippen molar-refractivity contribution < 1.29 is 10.0 Å². The van der Waals surface area contributed by atoms with Gasteiger partial charge in [-0.05, 0) is 25.0 Å². The molecule has 1 fully saturated rings. The van der Waals surface area contributed by atoms with Crippen LogP contribution in [0.2, 0.25) is 0 Å². The summed E-state index contributed by atoms with van der Waals surface area (Å²) in [4.78, 5) is 10.1. The van der Waals surface area contributed by atoms with E-state index in [1.165, 1.54) is 25.0 Å². The number of hydrogen-bond donors (Lipinski definition) is 2. The lowest BCUT2D eigenvalue weighted by Gasteiger charge is -2.27. The highest BCUT2D eigenvalue weighted by Gasteiger charge is 2.27. The number of benzene rings is 1. The molecule has 0 aromatic heterocycles. The highest BCUT2D eigenvalue weighted by Crippen LogP contribution is 2.27. The Morgan fingerprint density at radius 2 is 1.74 bits per heavy atom. The second kappa shape index (κ2) is 6.02. The van der Waals surface area contributed by atoms with Crippen LogP contribution in [0.1, 0.15) is 38.5 Å². The SMILES string of the molecule is O=[N+]([O-])c1ccc(NCC2(O)CCCCCC2)cc1. The molecule has 19 heavy (non-hydrogen) atoms. The van der Waals surface area contributed by atoms with Crippen molar-refractivity contribution >= 4 is 11.4 Å². The maximum Gasteiger partial charge on any atom is 0.269 e. The molecule has 0 saturated heterocycles. The summed E-state index contributed by atoms with van der Waals surface area (Å²) in [6.45, 7) is 0.505. The van der Waals surface area contributed by atoms with Crippen LogP contribution in [0.3, 0.4) is 0 Å². The zero-order valence-electron chi connectivity index (χ0n) is 11.0. The summed E-state index contributed by atoms with van der Waals surface area (Å²) in [6, 6.07) is 6.30. The van der Waals surface area contributed by atoms with Crippen LogP contribution in [-0.2, 0) is 0 Å². The Kier molecular flexibility index (Phi) is 4.37. The molecule has 1 aliphatic carbocycles. The maximum atomic E-state index is 10.6. The first kappa shape index (κ1) is 13.8. The molecule has 0 heterocycles. The van der Waals surface area contributed by atoms with E-state index in [1.54, 1.807) is 12.1 Å². The molecule has 0 radical (unpaired) electrons. The van der Waals surface area contributed by atoms with Crippen LogP contribution in [0.15, 0.2) is 24.3 Å². The van der Waals surface area contributed by atoms with Crippen molar-refractivity contribution in [1.29, 1.82) is 0 Å². The van der Waals surface area contributed by atoms with E-state index in [-0.39, 0.29) is 5.69 Å². The molecule has 5 nitrogen and oxygen atoms in total. The average molecular weight is 264 g/mol. The van der Waals surface area contributed by atoms with Crippen molar-refractivity contribution in [2.45, 2.75) is 44.1 Å². The molecule has 0 aliphatic heterocycles. The van der Waals surface area contributed by atoms with Gasteiger partial charge < -0.3 is 10.4 Å². The van der Waals surface area contributed by atoms with Gasteiger partial charge >= 0.3 is 0 Å². The van der Waals surface area contributed by atoms with Crippen molar-refractivity contribution in [3.05, 3.63) is 34.4 Å². The van der Waals surface area contributed by atoms with Gasteiger partial charge in [0.1, 0.15) is 0 Å². The first-order chi connectivity index (χ1) is 9.09. The van der Waals surface area contributed by atoms with E-state index in [0.29, 0.717) is 6.54 Å². The van der Waals surface area contributed by atoms with Gasteiger partial charge in [0, 0.05) is 24.4 Å². The average Bonchev–Trinajstić information content (AvgIpc) is 2.62. The van der Waals surface area contributed by atoms with Crippen molar-refractivity contribution in [2.75, 3.05) is 11.9 Å². The van der Waals surface area contributed by atoms with Gasteiger partial charge in [-0.1, -0.05) is 25.7 Å². The zero-order valence-corrected chi connectivity index (χ0v) is 11.0. The Bertz CT molecular complexity index is 423. The van der Waals surface area contributed by atoms with Gasteiger partial charge in [-0.15, -0.1) is 0 Å². The molecule has 0 spiro atoms. The predicted octanol–water partition coefficient (Wildman–Crippen LogP) is 3.09. The second-order valence-electron chi connectivity index (χ2n) is 5.30. The van der Waals surface area contributed by atoms with Gasteiger partial charge in [0.2, 0.25) is 0 Å². The Balaban J connectivity index is 1.92. The minimum atomic E-state index is -0.641. The first-order valence-electron chi connectivity index (χ1n) is 6.80. The van der Waals surface area contributed by atoms with Crippen LogP contribution in [-0.4, -0.2) is 22.2 Å². The number of non-ortho nitro benzene ring substituents is 1. The number of nitro groups is 1. The summed E-state index contributed by atoms with van der Waals surface area (Å²) in [7, 11) is 0. The maximum absolute atomic E-state index is 10.6. The molecular formula is C14H20N2O3. The molecule has 0 amide bonds. The smallest absolute Gasteiger partial charge is 0.269 e. The number of nitrogens with zero attached hydrogens (tertiary/aromatic N) is 1. The fourth-order valence-corrected chi connectivity index (χ4v) is 2.53. The van der Waals surface area contributed by atoms with Gasteiger partial charge in [0.05, 0.1) is 10.5 Å². The standard InChI is InChI=1S/C14H20N2O3/c17-14(9-3-1-2-4-10-14)11-15-12-5-7-13(8-6-12)16(18)19/h5-8,15,17H,1-4,9-11H2. The van der Waals surface area contributed by atoms with Crippen molar-refractivity contribution in [1.82, 2.24) is 0 Å². The molecule has 0 unspecified atom stereocenters. The molecule has 2 N–H and O–H groups in total. The summed E-state index contributed by atoms with van der Waals surface area (Å²) in [5.74, 6) is 0. The van der Waals surface area contributed by atoms with E-state index in [4.69, 9.17) is 0 Å². The molecule has 0 atom stereocenters. The fraction of sp³-hybridized carbons (Fsp3) is 0.571. The Labute approximate surface area is 112 Å². The number of aliphatic hydroxyl groups is 1. The van der Waals surface area contributed by atoms with Crippen LogP contribution in [0.5, 0.6) is 0 Å². The summed E-state index contributed by atoms with van der Waals surface area (Å²) in [5.41, 5.74) is 0.250. The lowest BCUT2D eigenvalue weighted by molar-refractivity contribution is -0.384. The zero-order chi connectivity index (χ0) is 13.7. The molecule has 1 aromatic carbocycles. The van der Waals surface area contributed by atoms with Gasteiger partial charge in [-0.2, -0.15) is 0 Å². The normalized spacial score (nSPS) is 18.6. The number of rotatable bonds is 4. The highest BCUT2D eigenvalue weighted by molar-refractivity contribution is 5.48. The third-order valence-corrected chi connectivity index (χ3v) is 3.73. The predicted molar refractivity (Wildman–Crippen MR) is 74.2 cm³/mol. The molecule has 5 heteroatoms.